The van der Waals surface area contributed by atoms with Crippen LogP contribution in [0.2, 0.25) is 0 Å². The Kier molecular flexibility index (Phi) is 2.14. The summed E-state index contributed by atoms with van der Waals surface area (Å²) in [7, 11) is 0. The second kappa shape index (κ2) is 2.78. The summed E-state index contributed by atoms with van der Waals surface area (Å²) in [6.45, 7) is 8.06. The van der Waals surface area contributed by atoms with E-state index in [1.807, 2.05) is 13.8 Å². The van der Waals surface area contributed by atoms with Crippen LogP contribution in [0.4, 0.5) is 0 Å². The average molecular weight is 168 g/mol. The second-order valence-corrected chi connectivity index (χ2v) is 3.19. The minimum absolute atomic E-state index is 0.616. The Morgan fingerprint density at radius 1 is 0.909 bits per heavy atom. The van der Waals surface area contributed by atoms with E-state index >= 15 is 0 Å². The standard InChI is InChI=1S/C9H12OS/c1-5-6(2)8(4)10-9(11)7(5)3/h1-4H3. The van der Waals surface area contributed by atoms with Crippen molar-refractivity contribution in [3.8, 4) is 0 Å². The SMILES string of the molecule is Cc1oc(=S)c(C)c(C)c1C. The lowest BCUT2D eigenvalue weighted by Gasteiger charge is -2.05. The van der Waals surface area contributed by atoms with E-state index in [0.29, 0.717) is 4.71 Å². The van der Waals surface area contributed by atoms with Crippen molar-refractivity contribution in [2.75, 3.05) is 0 Å². The summed E-state index contributed by atoms with van der Waals surface area (Å²) < 4.78 is 5.95. The van der Waals surface area contributed by atoms with Gasteiger partial charge >= 0.3 is 0 Å². The van der Waals surface area contributed by atoms with Crippen LogP contribution >= 0.6 is 12.2 Å². The molecule has 2 heteroatoms. The van der Waals surface area contributed by atoms with Gasteiger partial charge in [-0.2, -0.15) is 0 Å². The van der Waals surface area contributed by atoms with Gasteiger partial charge in [-0.1, -0.05) is 0 Å². The van der Waals surface area contributed by atoms with E-state index in [0.717, 1.165) is 11.3 Å². The zero-order valence-electron chi connectivity index (χ0n) is 7.32. The fraction of sp³-hybridized carbons (Fsp3) is 0.444. The average Bonchev–Trinajstić information content (AvgIpc) is 1.97. The summed E-state index contributed by atoms with van der Waals surface area (Å²) in [6, 6.07) is 0. The Morgan fingerprint density at radius 2 is 1.45 bits per heavy atom. The molecule has 0 spiro atoms. The molecular weight excluding hydrogens is 156 g/mol. The molecule has 0 aliphatic carbocycles. The quantitative estimate of drug-likeness (QED) is 0.552. The zero-order chi connectivity index (χ0) is 8.59. The minimum Gasteiger partial charge on any atom is -0.450 e. The minimum atomic E-state index is 0.616. The van der Waals surface area contributed by atoms with Crippen LogP contribution in [0, 0.1) is 32.4 Å². The first kappa shape index (κ1) is 8.47. The van der Waals surface area contributed by atoms with Gasteiger partial charge < -0.3 is 4.42 Å². The molecular formula is C9H12OS. The largest absolute Gasteiger partial charge is 0.450 e. The molecule has 0 fully saturated rings. The molecule has 0 bridgehead atoms. The summed E-state index contributed by atoms with van der Waals surface area (Å²) >= 11 is 5.02. The van der Waals surface area contributed by atoms with Crippen LogP contribution in [0.5, 0.6) is 0 Å². The zero-order valence-corrected chi connectivity index (χ0v) is 8.13. The van der Waals surface area contributed by atoms with Gasteiger partial charge in [0.2, 0.25) is 0 Å². The molecule has 1 aromatic rings. The molecule has 11 heavy (non-hydrogen) atoms. The maximum Gasteiger partial charge on any atom is 0.193 e. The molecule has 0 saturated heterocycles. The Bertz CT molecular complexity index is 336. The Morgan fingerprint density at radius 3 is 2.00 bits per heavy atom. The van der Waals surface area contributed by atoms with E-state index < -0.39 is 0 Å². The predicted molar refractivity (Wildman–Crippen MR) is 48.5 cm³/mol. The molecule has 0 aliphatic rings. The van der Waals surface area contributed by atoms with Gasteiger partial charge in [-0.25, -0.2) is 0 Å². The van der Waals surface area contributed by atoms with Crippen LogP contribution in [0.25, 0.3) is 0 Å². The van der Waals surface area contributed by atoms with Gasteiger partial charge in [0.15, 0.2) is 4.71 Å². The molecule has 1 rings (SSSR count). The van der Waals surface area contributed by atoms with Crippen molar-refractivity contribution < 1.29 is 4.42 Å². The smallest absolute Gasteiger partial charge is 0.193 e. The van der Waals surface area contributed by atoms with Crippen molar-refractivity contribution in [3.05, 3.63) is 27.2 Å². The summed E-state index contributed by atoms with van der Waals surface area (Å²) in [5.41, 5.74) is 3.54. The van der Waals surface area contributed by atoms with E-state index in [1.54, 1.807) is 0 Å². The maximum atomic E-state index is 5.33. The lowest BCUT2D eigenvalue weighted by atomic mass is 10.1. The molecule has 0 radical (unpaired) electrons. The molecule has 0 unspecified atom stereocenters. The topological polar surface area (TPSA) is 13.1 Å². The lowest BCUT2D eigenvalue weighted by molar-refractivity contribution is 0.490. The predicted octanol–water partition coefficient (Wildman–Crippen LogP) is 3.24. The first-order chi connectivity index (χ1) is 5.04. The highest BCUT2D eigenvalue weighted by Crippen LogP contribution is 2.17. The molecule has 0 aliphatic heterocycles. The third kappa shape index (κ3) is 1.36. The second-order valence-electron chi connectivity index (χ2n) is 2.82. The van der Waals surface area contributed by atoms with E-state index in [2.05, 4.69) is 13.8 Å². The number of hydrogen-bond acceptors (Lipinski definition) is 2. The molecule has 60 valence electrons. The van der Waals surface area contributed by atoms with Gasteiger partial charge in [-0.3, -0.25) is 0 Å². The van der Waals surface area contributed by atoms with Crippen molar-refractivity contribution in [2.24, 2.45) is 0 Å². The summed E-state index contributed by atoms with van der Waals surface area (Å²) in [4.78, 5) is 0. The first-order valence-corrected chi connectivity index (χ1v) is 4.02. The summed E-state index contributed by atoms with van der Waals surface area (Å²) in [6.07, 6.45) is 0. The molecule has 1 heterocycles. The fourth-order valence-corrected chi connectivity index (χ4v) is 1.27. The first-order valence-electron chi connectivity index (χ1n) is 3.61. The molecule has 0 saturated carbocycles. The van der Waals surface area contributed by atoms with Crippen LogP contribution < -0.4 is 0 Å². The van der Waals surface area contributed by atoms with Gasteiger partial charge in [-0.15, -0.1) is 0 Å². The number of aryl methyl sites for hydroxylation is 1. The van der Waals surface area contributed by atoms with Crippen LogP contribution in [0.3, 0.4) is 0 Å². The highest BCUT2D eigenvalue weighted by atomic mass is 32.1. The van der Waals surface area contributed by atoms with Crippen molar-refractivity contribution in [2.45, 2.75) is 27.7 Å². The van der Waals surface area contributed by atoms with Gasteiger partial charge in [0.05, 0.1) is 0 Å². The van der Waals surface area contributed by atoms with Crippen molar-refractivity contribution in [1.82, 2.24) is 0 Å². The Hall–Kier alpha value is -0.630. The monoisotopic (exact) mass is 168 g/mol. The van der Waals surface area contributed by atoms with Crippen LogP contribution in [0.1, 0.15) is 22.5 Å². The van der Waals surface area contributed by atoms with Gasteiger partial charge in [0, 0.05) is 5.56 Å². The van der Waals surface area contributed by atoms with Crippen molar-refractivity contribution in [3.63, 3.8) is 0 Å². The summed E-state index contributed by atoms with van der Waals surface area (Å²) in [5, 5.41) is 0. The lowest BCUT2D eigenvalue weighted by Crippen LogP contribution is -1.90. The van der Waals surface area contributed by atoms with Crippen molar-refractivity contribution in [1.29, 1.82) is 0 Å². The van der Waals surface area contributed by atoms with Gasteiger partial charge in [-0.05, 0) is 51.0 Å². The van der Waals surface area contributed by atoms with E-state index in [4.69, 9.17) is 16.6 Å². The third-order valence-electron chi connectivity index (χ3n) is 2.21. The molecule has 0 amide bonds. The highest BCUT2D eigenvalue weighted by Gasteiger charge is 2.03. The van der Waals surface area contributed by atoms with E-state index in [1.165, 1.54) is 11.1 Å². The molecule has 0 N–H and O–H groups in total. The highest BCUT2D eigenvalue weighted by molar-refractivity contribution is 7.71. The third-order valence-corrected chi connectivity index (χ3v) is 2.59. The van der Waals surface area contributed by atoms with Crippen LogP contribution in [-0.4, -0.2) is 0 Å². The van der Waals surface area contributed by atoms with Gasteiger partial charge in [0.25, 0.3) is 0 Å². The van der Waals surface area contributed by atoms with E-state index in [-0.39, 0.29) is 0 Å². The summed E-state index contributed by atoms with van der Waals surface area (Å²) in [5.74, 6) is 0.929. The molecule has 0 aromatic carbocycles. The number of hydrogen-bond donors (Lipinski definition) is 0. The van der Waals surface area contributed by atoms with Crippen LogP contribution in [0.15, 0.2) is 4.42 Å². The maximum absolute atomic E-state index is 5.33. The normalized spacial score (nSPS) is 10.2. The Labute approximate surface area is 72.1 Å². The molecule has 0 atom stereocenters. The number of rotatable bonds is 0. The fourth-order valence-electron chi connectivity index (χ4n) is 0.991. The van der Waals surface area contributed by atoms with Gasteiger partial charge in [0.1, 0.15) is 5.76 Å². The van der Waals surface area contributed by atoms with Crippen LogP contribution in [-0.2, 0) is 0 Å². The van der Waals surface area contributed by atoms with E-state index in [9.17, 15) is 0 Å². The molecule has 1 aromatic heterocycles. The molecule has 1 nitrogen and oxygen atoms in total. The van der Waals surface area contributed by atoms with Crippen molar-refractivity contribution >= 4 is 12.2 Å². The Balaban J connectivity index is 3.59.